The molecule has 3 aromatic rings. The lowest BCUT2D eigenvalue weighted by molar-refractivity contribution is -0.141. The third-order valence-corrected chi connectivity index (χ3v) is 2.59. The first-order valence-corrected chi connectivity index (χ1v) is 5.32. The largest absolute Gasteiger partial charge is 0.435 e. The molecule has 0 fully saturated rings. The molecule has 0 radical (unpaired) electrons. The zero-order chi connectivity index (χ0) is 13.6. The van der Waals surface area contributed by atoms with Crippen molar-refractivity contribution in [1.82, 2.24) is 19.7 Å². The number of aromatic nitrogens is 4. The van der Waals surface area contributed by atoms with Crippen molar-refractivity contribution >= 4 is 16.7 Å². The number of nitrogens with zero attached hydrogens (tertiary/aromatic N) is 3. The molecular formula is C11H8F3N5. The zero-order valence-corrected chi connectivity index (χ0v) is 9.44. The Morgan fingerprint density at radius 3 is 2.68 bits per heavy atom. The maximum absolute atomic E-state index is 12.5. The summed E-state index contributed by atoms with van der Waals surface area (Å²) < 4.78 is 38.4. The number of benzene rings is 1. The molecule has 8 heteroatoms. The van der Waals surface area contributed by atoms with Gasteiger partial charge in [-0.3, -0.25) is 0 Å². The summed E-state index contributed by atoms with van der Waals surface area (Å²) in [6.07, 6.45) is -3.27. The van der Waals surface area contributed by atoms with E-state index in [0.717, 1.165) is 10.7 Å². The molecule has 19 heavy (non-hydrogen) atoms. The Morgan fingerprint density at radius 1 is 1.21 bits per heavy atom. The summed E-state index contributed by atoms with van der Waals surface area (Å²) in [5.41, 5.74) is 6.43. The summed E-state index contributed by atoms with van der Waals surface area (Å²) in [6.45, 7) is 0. The molecule has 0 saturated heterocycles. The third-order valence-electron chi connectivity index (χ3n) is 2.59. The Hall–Kier alpha value is -2.51. The maximum Gasteiger partial charge on any atom is 0.435 e. The fraction of sp³-hybridized carbons (Fsp3) is 0.0909. The standard InChI is InChI=1S/C11H8F3N5/c12-11(13,14)9-3-4-19(18-9)10-16-7-2-1-6(15)5-8(7)17-10/h1-5H,15H2,(H,16,17). The van der Waals surface area contributed by atoms with Crippen molar-refractivity contribution in [2.24, 2.45) is 0 Å². The SMILES string of the molecule is Nc1ccc2nc(-n3ccc(C(F)(F)F)n3)[nH]c2c1. The molecule has 0 unspecified atom stereocenters. The van der Waals surface area contributed by atoms with Crippen LogP contribution in [0.3, 0.4) is 0 Å². The normalized spacial score (nSPS) is 12.2. The molecule has 0 aliphatic rings. The van der Waals surface area contributed by atoms with Crippen LogP contribution in [0.2, 0.25) is 0 Å². The van der Waals surface area contributed by atoms with E-state index in [2.05, 4.69) is 15.1 Å². The van der Waals surface area contributed by atoms with Crippen LogP contribution in [0, 0.1) is 0 Å². The Labute approximate surface area is 104 Å². The number of fused-ring (bicyclic) bond motifs is 1. The summed E-state index contributed by atoms with van der Waals surface area (Å²) in [6, 6.07) is 5.89. The van der Waals surface area contributed by atoms with E-state index in [4.69, 9.17) is 5.73 Å². The van der Waals surface area contributed by atoms with Crippen molar-refractivity contribution in [1.29, 1.82) is 0 Å². The van der Waals surface area contributed by atoms with Crippen LogP contribution in [0.25, 0.3) is 17.0 Å². The van der Waals surface area contributed by atoms with E-state index < -0.39 is 11.9 Å². The maximum atomic E-state index is 12.5. The van der Waals surface area contributed by atoms with Gasteiger partial charge in [0.1, 0.15) is 0 Å². The third kappa shape index (κ3) is 2.01. The molecule has 5 nitrogen and oxygen atoms in total. The lowest BCUT2D eigenvalue weighted by atomic mass is 10.3. The first kappa shape index (κ1) is 11.6. The second-order valence-corrected chi connectivity index (χ2v) is 3.98. The fourth-order valence-electron chi connectivity index (χ4n) is 1.72. The number of hydrogen-bond donors (Lipinski definition) is 2. The number of nitrogens with two attached hydrogens (primary N) is 1. The number of hydrogen-bond acceptors (Lipinski definition) is 3. The molecule has 0 aliphatic heterocycles. The Kier molecular flexibility index (Phi) is 2.28. The number of alkyl halides is 3. The molecule has 98 valence electrons. The van der Waals surface area contributed by atoms with Gasteiger partial charge in [0, 0.05) is 11.9 Å². The van der Waals surface area contributed by atoms with Gasteiger partial charge in [0.15, 0.2) is 5.69 Å². The molecule has 0 atom stereocenters. The van der Waals surface area contributed by atoms with Crippen LogP contribution in [0.1, 0.15) is 5.69 Å². The van der Waals surface area contributed by atoms with Crippen molar-refractivity contribution in [2.75, 3.05) is 5.73 Å². The van der Waals surface area contributed by atoms with Crippen LogP contribution in [0.5, 0.6) is 0 Å². The average Bonchev–Trinajstić information content (AvgIpc) is 2.92. The summed E-state index contributed by atoms with van der Waals surface area (Å²) in [5, 5.41) is 3.44. The van der Waals surface area contributed by atoms with Gasteiger partial charge in [-0.1, -0.05) is 0 Å². The first-order valence-electron chi connectivity index (χ1n) is 5.32. The Bertz CT molecular complexity index is 740. The summed E-state index contributed by atoms with van der Waals surface area (Å²) in [7, 11) is 0. The van der Waals surface area contributed by atoms with Crippen molar-refractivity contribution in [3.05, 3.63) is 36.2 Å². The number of nitrogens with one attached hydrogen (secondary N) is 1. The van der Waals surface area contributed by atoms with Gasteiger partial charge in [0.05, 0.1) is 11.0 Å². The molecule has 1 aromatic carbocycles. The van der Waals surface area contributed by atoms with Gasteiger partial charge in [-0.05, 0) is 24.3 Å². The number of aromatic amines is 1. The number of anilines is 1. The molecule has 0 bridgehead atoms. The summed E-state index contributed by atoms with van der Waals surface area (Å²) in [5.74, 6) is 0.205. The molecule has 2 aromatic heterocycles. The van der Waals surface area contributed by atoms with Gasteiger partial charge in [-0.25, -0.2) is 9.67 Å². The molecule has 0 spiro atoms. The smallest absolute Gasteiger partial charge is 0.399 e. The van der Waals surface area contributed by atoms with Gasteiger partial charge in [0.2, 0.25) is 5.95 Å². The minimum Gasteiger partial charge on any atom is -0.399 e. The quantitative estimate of drug-likeness (QED) is 0.665. The number of rotatable bonds is 1. The second kappa shape index (κ2) is 3.74. The van der Waals surface area contributed by atoms with Gasteiger partial charge in [0.25, 0.3) is 0 Å². The summed E-state index contributed by atoms with van der Waals surface area (Å²) >= 11 is 0. The second-order valence-electron chi connectivity index (χ2n) is 3.98. The van der Waals surface area contributed by atoms with E-state index in [1.165, 1.54) is 6.20 Å². The minimum atomic E-state index is -4.47. The topological polar surface area (TPSA) is 72.5 Å². The number of halogens is 3. The Balaban J connectivity index is 2.07. The van der Waals surface area contributed by atoms with Crippen LogP contribution >= 0.6 is 0 Å². The summed E-state index contributed by atoms with van der Waals surface area (Å²) in [4.78, 5) is 7.00. The van der Waals surface area contributed by atoms with Crippen molar-refractivity contribution in [2.45, 2.75) is 6.18 Å². The highest BCUT2D eigenvalue weighted by Crippen LogP contribution is 2.27. The molecule has 3 N–H and O–H groups in total. The Morgan fingerprint density at radius 2 is 2.00 bits per heavy atom. The van der Waals surface area contributed by atoms with E-state index in [0.29, 0.717) is 16.7 Å². The monoisotopic (exact) mass is 267 g/mol. The van der Waals surface area contributed by atoms with Gasteiger partial charge < -0.3 is 10.7 Å². The van der Waals surface area contributed by atoms with E-state index in [1.807, 2.05) is 0 Å². The van der Waals surface area contributed by atoms with Gasteiger partial charge in [-0.2, -0.15) is 18.3 Å². The predicted molar refractivity (Wildman–Crippen MR) is 62.6 cm³/mol. The lowest BCUT2D eigenvalue weighted by Crippen LogP contribution is -2.07. The molecule has 0 amide bonds. The van der Waals surface area contributed by atoms with E-state index >= 15 is 0 Å². The number of imidazole rings is 1. The lowest BCUT2D eigenvalue weighted by Gasteiger charge is -2.00. The molecule has 0 saturated carbocycles. The van der Waals surface area contributed by atoms with E-state index in [-0.39, 0.29) is 5.95 Å². The van der Waals surface area contributed by atoms with Crippen molar-refractivity contribution < 1.29 is 13.2 Å². The fourth-order valence-corrected chi connectivity index (χ4v) is 1.72. The van der Waals surface area contributed by atoms with Crippen molar-refractivity contribution in [3.63, 3.8) is 0 Å². The number of H-pyrrole nitrogens is 1. The highest BCUT2D eigenvalue weighted by Gasteiger charge is 2.33. The highest BCUT2D eigenvalue weighted by atomic mass is 19.4. The van der Waals surface area contributed by atoms with Crippen LogP contribution in [-0.4, -0.2) is 19.7 Å². The van der Waals surface area contributed by atoms with Crippen LogP contribution in [0.15, 0.2) is 30.5 Å². The molecular weight excluding hydrogens is 259 g/mol. The predicted octanol–water partition coefficient (Wildman–Crippen LogP) is 2.35. The van der Waals surface area contributed by atoms with E-state index in [9.17, 15) is 13.2 Å². The van der Waals surface area contributed by atoms with Gasteiger partial charge >= 0.3 is 6.18 Å². The number of nitrogen functional groups attached to an aromatic ring is 1. The van der Waals surface area contributed by atoms with Crippen LogP contribution < -0.4 is 5.73 Å². The molecule has 2 heterocycles. The van der Waals surface area contributed by atoms with Gasteiger partial charge in [-0.15, -0.1) is 0 Å². The van der Waals surface area contributed by atoms with Crippen molar-refractivity contribution in [3.8, 4) is 5.95 Å². The molecule has 3 rings (SSSR count). The van der Waals surface area contributed by atoms with Crippen LogP contribution in [0.4, 0.5) is 18.9 Å². The average molecular weight is 267 g/mol. The van der Waals surface area contributed by atoms with Crippen LogP contribution in [-0.2, 0) is 6.18 Å². The first-order chi connectivity index (χ1) is 8.93. The minimum absolute atomic E-state index is 0.205. The zero-order valence-electron chi connectivity index (χ0n) is 9.44. The molecule has 0 aliphatic carbocycles. The van der Waals surface area contributed by atoms with E-state index in [1.54, 1.807) is 18.2 Å². The highest BCUT2D eigenvalue weighted by molar-refractivity contribution is 5.79.